The molecular formula is C27H20N2O2S2. The van der Waals surface area contributed by atoms with Crippen molar-refractivity contribution in [1.29, 1.82) is 5.26 Å². The largest absolute Gasteiger partial charge is 0.288 e. The maximum atomic E-state index is 13.6. The van der Waals surface area contributed by atoms with Crippen molar-refractivity contribution < 1.29 is 4.79 Å². The molecule has 162 valence electrons. The average molecular weight is 469 g/mol. The number of hydrogen-bond acceptors (Lipinski definition) is 5. The topological polar surface area (TPSA) is 62.9 Å². The molecule has 0 fully saturated rings. The number of carbonyl (C=O) groups excluding carboxylic acids is 1. The molecule has 0 spiro atoms. The number of thiazole rings is 1. The van der Waals surface area contributed by atoms with Crippen LogP contribution in [0.4, 0.5) is 0 Å². The third-order valence-electron chi connectivity index (χ3n) is 5.18. The van der Waals surface area contributed by atoms with Crippen molar-refractivity contribution in [3.63, 3.8) is 0 Å². The van der Waals surface area contributed by atoms with E-state index in [4.69, 9.17) is 0 Å². The predicted octanol–water partition coefficient (Wildman–Crippen LogP) is 4.32. The molecule has 0 unspecified atom stereocenters. The fourth-order valence-corrected chi connectivity index (χ4v) is 4.97. The minimum atomic E-state index is -0.405. The highest BCUT2D eigenvalue weighted by molar-refractivity contribution is 7.98. The molecule has 4 rings (SSSR count). The van der Waals surface area contributed by atoms with Gasteiger partial charge in [0.15, 0.2) is 0 Å². The number of nitrogens with zero attached hydrogens (tertiary/aromatic N) is 2. The van der Waals surface area contributed by atoms with E-state index in [0.717, 1.165) is 27.4 Å². The molecule has 33 heavy (non-hydrogen) atoms. The first-order valence-corrected chi connectivity index (χ1v) is 12.3. The highest BCUT2D eigenvalue weighted by Crippen LogP contribution is 2.15. The van der Waals surface area contributed by atoms with Crippen LogP contribution in [-0.2, 0) is 0 Å². The van der Waals surface area contributed by atoms with E-state index in [2.05, 4.69) is 6.07 Å². The van der Waals surface area contributed by atoms with Gasteiger partial charge in [0.1, 0.15) is 16.3 Å². The number of ketones is 1. The van der Waals surface area contributed by atoms with Gasteiger partial charge in [-0.25, -0.2) is 0 Å². The molecule has 1 heterocycles. The Morgan fingerprint density at radius 1 is 1.00 bits per heavy atom. The van der Waals surface area contributed by atoms with Crippen molar-refractivity contribution in [2.75, 3.05) is 6.26 Å². The molecule has 0 aliphatic carbocycles. The fourth-order valence-electron chi connectivity index (χ4n) is 3.46. The van der Waals surface area contributed by atoms with Gasteiger partial charge in [-0.2, -0.15) is 5.26 Å². The number of thioether (sulfide) groups is 1. The SMILES string of the molecule is CSc1ccc(C=c2sc(=C(C#N)C(=O)c3ccccc3)n(-c3ccccc3C)c2=O)cc1. The minimum absolute atomic E-state index is 0.0519. The summed E-state index contributed by atoms with van der Waals surface area (Å²) in [4.78, 5) is 27.9. The Kier molecular flexibility index (Phi) is 6.74. The normalized spacial score (nSPS) is 12.3. The summed E-state index contributed by atoms with van der Waals surface area (Å²) in [6.07, 6.45) is 3.81. The van der Waals surface area contributed by atoms with Crippen LogP contribution in [0.25, 0.3) is 17.3 Å². The lowest BCUT2D eigenvalue weighted by Crippen LogP contribution is -2.32. The Morgan fingerprint density at radius 3 is 2.30 bits per heavy atom. The Morgan fingerprint density at radius 2 is 1.67 bits per heavy atom. The predicted molar refractivity (Wildman–Crippen MR) is 135 cm³/mol. The second kappa shape index (κ2) is 9.86. The van der Waals surface area contributed by atoms with E-state index in [-0.39, 0.29) is 11.1 Å². The second-order valence-corrected chi connectivity index (χ2v) is 9.21. The maximum absolute atomic E-state index is 13.6. The average Bonchev–Trinajstić information content (AvgIpc) is 3.16. The Balaban J connectivity index is 2.05. The number of carbonyl (C=O) groups is 1. The van der Waals surface area contributed by atoms with E-state index in [0.29, 0.717) is 20.4 Å². The Bertz CT molecular complexity index is 1540. The lowest BCUT2D eigenvalue weighted by Gasteiger charge is -2.07. The first-order chi connectivity index (χ1) is 16.0. The third kappa shape index (κ3) is 4.61. The first kappa shape index (κ1) is 22.5. The molecule has 0 atom stereocenters. The van der Waals surface area contributed by atoms with Gasteiger partial charge in [0.05, 0.1) is 10.2 Å². The van der Waals surface area contributed by atoms with Crippen LogP contribution in [0, 0.1) is 18.3 Å². The van der Waals surface area contributed by atoms with Gasteiger partial charge in [-0.1, -0.05) is 60.7 Å². The molecule has 4 aromatic rings. The van der Waals surface area contributed by atoms with Gasteiger partial charge in [0.2, 0.25) is 5.78 Å². The van der Waals surface area contributed by atoms with E-state index in [9.17, 15) is 14.9 Å². The molecule has 4 nitrogen and oxygen atoms in total. The van der Waals surface area contributed by atoms with Crippen LogP contribution >= 0.6 is 23.1 Å². The number of nitriles is 1. The molecule has 6 heteroatoms. The summed E-state index contributed by atoms with van der Waals surface area (Å²) in [5.74, 6) is -0.405. The fraction of sp³-hybridized carbons (Fsp3) is 0.0741. The summed E-state index contributed by atoms with van der Waals surface area (Å²) >= 11 is 2.81. The lowest BCUT2D eigenvalue weighted by molar-refractivity contribution is 0.105. The van der Waals surface area contributed by atoms with Gasteiger partial charge in [-0.05, 0) is 48.6 Å². The molecule has 0 N–H and O–H groups in total. The third-order valence-corrected chi connectivity index (χ3v) is 7.02. The zero-order valence-corrected chi connectivity index (χ0v) is 19.7. The number of benzene rings is 3. The molecule has 0 bridgehead atoms. The zero-order chi connectivity index (χ0) is 23.4. The summed E-state index contributed by atoms with van der Waals surface area (Å²) in [5.41, 5.74) is 2.50. The lowest BCUT2D eigenvalue weighted by atomic mass is 10.1. The van der Waals surface area contributed by atoms with Crippen LogP contribution < -0.4 is 14.8 Å². The molecule has 0 saturated heterocycles. The molecular weight excluding hydrogens is 448 g/mol. The number of rotatable bonds is 5. The second-order valence-electron chi connectivity index (χ2n) is 7.30. The molecule has 0 aliphatic rings. The van der Waals surface area contributed by atoms with E-state index < -0.39 is 5.78 Å². The highest BCUT2D eigenvalue weighted by Gasteiger charge is 2.19. The van der Waals surface area contributed by atoms with Gasteiger partial charge < -0.3 is 0 Å². The van der Waals surface area contributed by atoms with Crippen molar-refractivity contribution in [2.45, 2.75) is 11.8 Å². The summed E-state index contributed by atoms with van der Waals surface area (Å²) < 4.78 is 2.28. The van der Waals surface area contributed by atoms with Gasteiger partial charge in [0, 0.05) is 10.5 Å². The summed E-state index contributed by atoms with van der Waals surface area (Å²) in [5, 5.41) is 9.97. The van der Waals surface area contributed by atoms with Crippen LogP contribution in [0.2, 0.25) is 0 Å². The molecule has 0 aliphatic heterocycles. The Hall–Kier alpha value is -3.66. The smallest absolute Gasteiger partial charge is 0.273 e. The van der Waals surface area contributed by atoms with E-state index in [1.54, 1.807) is 42.1 Å². The molecule has 0 amide bonds. The van der Waals surface area contributed by atoms with Crippen molar-refractivity contribution >= 4 is 40.5 Å². The summed E-state index contributed by atoms with van der Waals surface area (Å²) in [7, 11) is 0. The van der Waals surface area contributed by atoms with Crippen molar-refractivity contribution in [3.05, 3.63) is 115 Å². The maximum Gasteiger partial charge on any atom is 0.273 e. The Labute approximate surface area is 199 Å². The van der Waals surface area contributed by atoms with Crippen molar-refractivity contribution in [3.8, 4) is 11.8 Å². The highest BCUT2D eigenvalue weighted by atomic mass is 32.2. The zero-order valence-electron chi connectivity index (χ0n) is 18.1. The van der Waals surface area contributed by atoms with Crippen LogP contribution in [0.1, 0.15) is 21.5 Å². The van der Waals surface area contributed by atoms with Gasteiger partial charge >= 0.3 is 0 Å². The summed E-state index contributed by atoms with van der Waals surface area (Å²) in [6.45, 7) is 1.90. The number of Topliss-reactive ketones (excluding diaryl/α,β-unsaturated/α-hetero) is 1. The molecule has 0 saturated carbocycles. The van der Waals surface area contributed by atoms with E-state index in [1.165, 1.54) is 4.57 Å². The number of hydrogen-bond donors (Lipinski definition) is 0. The molecule has 0 radical (unpaired) electrons. The molecule has 1 aromatic heterocycles. The van der Waals surface area contributed by atoms with Crippen LogP contribution in [0.3, 0.4) is 0 Å². The van der Waals surface area contributed by atoms with Crippen LogP contribution in [0.15, 0.2) is 88.6 Å². The monoisotopic (exact) mass is 468 g/mol. The van der Waals surface area contributed by atoms with Crippen LogP contribution in [-0.4, -0.2) is 16.6 Å². The quantitative estimate of drug-likeness (QED) is 0.323. The van der Waals surface area contributed by atoms with E-state index >= 15 is 0 Å². The van der Waals surface area contributed by atoms with Gasteiger partial charge in [0.25, 0.3) is 5.56 Å². The minimum Gasteiger partial charge on any atom is -0.288 e. The van der Waals surface area contributed by atoms with Crippen molar-refractivity contribution in [2.24, 2.45) is 0 Å². The van der Waals surface area contributed by atoms with Gasteiger partial charge in [-0.3, -0.25) is 14.2 Å². The number of aryl methyl sites for hydroxylation is 1. The summed E-state index contributed by atoms with van der Waals surface area (Å²) in [6, 6.07) is 26.1. The number of para-hydroxylation sites is 1. The van der Waals surface area contributed by atoms with Gasteiger partial charge in [-0.15, -0.1) is 23.1 Å². The van der Waals surface area contributed by atoms with Crippen molar-refractivity contribution in [1.82, 2.24) is 4.57 Å². The molecule has 3 aromatic carbocycles. The number of aromatic nitrogens is 1. The first-order valence-electron chi connectivity index (χ1n) is 10.2. The standard InChI is InChI=1S/C27H20N2O2S2/c1-18-8-6-7-11-23(18)29-26(31)24(16-19-12-14-21(32-2)15-13-19)33-27(29)22(17-28)25(30)20-9-4-3-5-10-20/h3-16H,1-2H3. The van der Waals surface area contributed by atoms with Crippen LogP contribution in [0.5, 0.6) is 0 Å². The van der Waals surface area contributed by atoms with E-state index in [1.807, 2.05) is 67.8 Å².